The molecule has 0 bridgehead atoms. The number of hydrogen-bond donors (Lipinski definition) is 1. The Balaban J connectivity index is 1.89. The second-order valence-corrected chi connectivity index (χ2v) is 5.29. The summed E-state index contributed by atoms with van der Waals surface area (Å²) >= 11 is 1.62. The van der Waals surface area contributed by atoms with Crippen LogP contribution in [0.3, 0.4) is 0 Å². The third-order valence-corrected chi connectivity index (χ3v) is 3.55. The van der Waals surface area contributed by atoms with Gasteiger partial charge in [0.15, 0.2) is 5.16 Å². The van der Waals surface area contributed by atoms with Gasteiger partial charge in [0.2, 0.25) is 11.9 Å². The van der Waals surface area contributed by atoms with E-state index >= 15 is 0 Å². The SMILES string of the molecule is CCNc1nc(SC2COC2)nc(-n2ccnc2)n1. The highest BCUT2D eigenvalue weighted by Crippen LogP contribution is 2.26. The summed E-state index contributed by atoms with van der Waals surface area (Å²) in [6, 6.07) is 0. The number of imidazole rings is 1. The van der Waals surface area contributed by atoms with E-state index in [4.69, 9.17) is 4.74 Å². The van der Waals surface area contributed by atoms with Gasteiger partial charge in [-0.3, -0.25) is 4.57 Å². The number of hydrogen-bond acceptors (Lipinski definition) is 7. The van der Waals surface area contributed by atoms with Crippen molar-refractivity contribution >= 4 is 17.7 Å². The molecule has 0 aromatic carbocycles. The first kappa shape index (κ1) is 12.4. The Morgan fingerprint density at radius 3 is 2.95 bits per heavy atom. The Morgan fingerprint density at radius 1 is 1.42 bits per heavy atom. The van der Waals surface area contributed by atoms with Crippen molar-refractivity contribution in [2.45, 2.75) is 17.3 Å². The van der Waals surface area contributed by atoms with Crippen molar-refractivity contribution in [1.29, 1.82) is 0 Å². The lowest BCUT2D eigenvalue weighted by atomic mass is 10.4. The molecule has 0 aliphatic carbocycles. The lowest BCUT2D eigenvalue weighted by molar-refractivity contribution is 0.0454. The molecule has 1 N–H and O–H groups in total. The number of nitrogens with one attached hydrogen (secondary N) is 1. The summed E-state index contributed by atoms with van der Waals surface area (Å²) in [4.78, 5) is 17.2. The maximum atomic E-state index is 5.16. The number of nitrogens with zero attached hydrogens (tertiary/aromatic N) is 5. The molecule has 19 heavy (non-hydrogen) atoms. The molecule has 8 heteroatoms. The van der Waals surface area contributed by atoms with Crippen molar-refractivity contribution < 1.29 is 4.74 Å². The van der Waals surface area contributed by atoms with Gasteiger partial charge in [-0.15, -0.1) is 0 Å². The molecule has 0 unspecified atom stereocenters. The van der Waals surface area contributed by atoms with Crippen molar-refractivity contribution in [3.05, 3.63) is 18.7 Å². The zero-order valence-electron chi connectivity index (χ0n) is 10.5. The highest BCUT2D eigenvalue weighted by molar-refractivity contribution is 7.99. The lowest BCUT2D eigenvalue weighted by Crippen LogP contribution is -2.30. The van der Waals surface area contributed by atoms with E-state index < -0.39 is 0 Å². The van der Waals surface area contributed by atoms with Crippen molar-refractivity contribution in [3.63, 3.8) is 0 Å². The molecular formula is C11H14N6OS. The van der Waals surface area contributed by atoms with E-state index in [0.717, 1.165) is 19.8 Å². The van der Waals surface area contributed by atoms with E-state index in [0.29, 0.717) is 22.3 Å². The van der Waals surface area contributed by atoms with E-state index in [1.165, 1.54) is 0 Å². The van der Waals surface area contributed by atoms with Crippen LogP contribution < -0.4 is 5.32 Å². The van der Waals surface area contributed by atoms with E-state index in [1.54, 1.807) is 28.9 Å². The molecule has 100 valence electrons. The maximum Gasteiger partial charge on any atom is 0.240 e. The van der Waals surface area contributed by atoms with E-state index in [2.05, 4.69) is 25.3 Å². The second kappa shape index (κ2) is 5.54. The Morgan fingerprint density at radius 2 is 2.32 bits per heavy atom. The van der Waals surface area contributed by atoms with Crippen LogP contribution in [0.4, 0.5) is 5.95 Å². The van der Waals surface area contributed by atoms with Crippen molar-refractivity contribution in [2.75, 3.05) is 25.1 Å². The smallest absolute Gasteiger partial charge is 0.240 e. The molecule has 1 saturated heterocycles. The summed E-state index contributed by atoms with van der Waals surface area (Å²) in [5.41, 5.74) is 0. The van der Waals surface area contributed by atoms with Gasteiger partial charge in [0.25, 0.3) is 0 Å². The number of ether oxygens (including phenoxy) is 1. The van der Waals surface area contributed by atoms with Crippen LogP contribution in [0.1, 0.15) is 6.92 Å². The van der Waals surface area contributed by atoms with Crippen LogP contribution in [-0.4, -0.2) is 49.5 Å². The van der Waals surface area contributed by atoms with Gasteiger partial charge in [-0.1, -0.05) is 11.8 Å². The summed E-state index contributed by atoms with van der Waals surface area (Å²) in [6.07, 6.45) is 5.18. The van der Waals surface area contributed by atoms with Crippen LogP contribution >= 0.6 is 11.8 Å². The molecule has 1 aliphatic rings. The minimum absolute atomic E-state index is 0.438. The molecule has 1 aliphatic heterocycles. The first-order chi connectivity index (χ1) is 9.35. The van der Waals surface area contributed by atoms with Crippen molar-refractivity contribution in [2.24, 2.45) is 0 Å². The second-order valence-electron chi connectivity index (χ2n) is 4.02. The van der Waals surface area contributed by atoms with E-state index in [-0.39, 0.29) is 0 Å². The Labute approximate surface area is 114 Å². The fourth-order valence-electron chi connectivity index (χ4n) is 1.56. The highest BCUT2D eigenvalue weighted by atomic mass is 32.2. The first-order valence-corrected chi connectivity index (χ1v) is 6.96. The molecule has 0 amide bonds. The summed E-state index contributed by atoms with van der Waals surface area (Å²) in [5.74, 6) is 1.16. The number of anilines is 1. The van der Waals surface area contributed by atoms with Gasteiger partial charge in [-0.25, -0.2) is 4.98 Å². The molecule has 1 fully saturated rings. The Hall–Kier alpha value is -1.67. The monoisotopic (exact) mass is 278 g/mol. The van der Waals surface area contributed by atoms with Gasteiger partial charge < -0.3 is 10.1 Å². The van der Waals surface area contributed by atoms with Crippen molar-refractivity contribution in [1.82, 2.24) is 24.5 Å². The maximum absolute atomic E-state index is 5.16. The lowest BCUT2D eigenvalue weighted by Gasteiger charge is -2.24. The van der Waals surface area contributed by atoms with Crippen LogP contribution in [0.5, 0.6) is 0 Å². The predicted molar refractivity (Wildman–Crippen MR) is 71.6 cm³/mol. The van der Waals surface area contributed by atoms with Crippen LogP contribution in [0.15, 0.2) is 23.9 Å². The molecule has 0 saturated carbocycles. The normalized spacial score (nSPS) is 15.2. The zero-order chi connectivity index (χ0) is 13.1. The summed E-state index contributed by atoms with van der Waals surface area (Å²) in [6.45, 7) is 4.29. The Bertz CT molecular complexity index is 542. The third kappa shape index (κ3) is 2.85. The minimum atomic E-state index is 0.438. The molecule has 3 heterocycles. The number of rotatable bonds is 5. The van der Waals surface area contributed by atoms with E-state index in [9.17, 15) is 0 Å². The standard InChI is InChI=1S/C11H14N6OS/c1-2-13-9-14-10(17-4-3-12-7-17)16-11(15-9)19-8-5-18-6-8/h3-4,7-8H,2,5-6H2,1H3,(H,13,14,15,16). The molecule has 0 radical (unpaired) electrons. The Kier molecular flexibility index (Phi) is 3.60. The molecular weight excluding hydrogens is 264 g/mol. The summed E-state index contributed by atoms with van der Waals surface area (Å²) in [5, 5.41) is 4.27. The van der Waals surface area contributed by atoms with Gasteiger partial charge >= 0.3 is 0 Å². The van der Waals surface area contributed by atoms with E-state index in [1.807, 2.05) is 13.1 Å². The molecule has 3 rings (SSSR count). The fourth-order valence-corrected chi connectivity index (χ4v) is 2.46. The predicted octanol–water partition coefficient (Wildman–Crippen LogP) is 0.980. The molecule has 7 nitrogen and oxygen atoms in total. The summed E-state index contributed by atoms with van der Waals surface area (Å²) < 4.78 is 6.93. The first-order valence-electron chi connectivity index (χ1n) is 6.08. The average molecular weight is 278 g/mol. The fraction of sp³-hybridized carbons (Fsp3) is 0.455. The van der Waals surface area contributed by atoms with Gasteiger partial charge in [0.05, 0.1) is 18.5 Å². The average Bonchev–Trinajstić information content (AvgIpc) is 2.88. The third-order valence-electron chi connectivity index (χ3n) is 2.55. The largest absolute Gasteiger partial charge is 0.379 e. The summed E-state index contributed by atoms with van der Waals surface area (Å²) in [7, 11) is 0. The zero-order valence-corrected chi connectivity index (χ0v) is 11.3. The van der Waals surface area contributed by atoms with Crippen LogP contribution in [-0.2, 0) is 4.74 Å². The number of aromatic nitrogens is 5. The molecule has 2 aromatic rings. The van der Waals surface area contributed by atoms with Crippen LogP contribution in [0, 0.1) is 0 Å². The van der Waals surface area contributed by atoms with Crippen LogP contribution in [0.2, 0.25) is 0 Å². The quantitative estimate of drug-likeness (QED) is 0.873. The molecule has 2 aromatic heterocycles. The van der Waals surface area contributed by atoms with Gasteiger partial charge in [-0.2, -0.15) is 15.0 Å². The van der Waals surface area contributed by atoms with Gasteiger partial charge in [0.1, 0.15) is 6.33 Å². The number of thioether (sulfide) groups is 1. The highest BCUT2D eigenvalue weighted by Gasteiger charge is 2.22. The van der Waals surface area contributed by atoms with Gasteiger partial charge in [0, 0.05) is 18.9 Å². The minimum Gasteiger partial charge on any atom is -0.379 e. The van der Waals surface area contributed by atoms with Crippen LogP contribution in [0.25, 0.3) is 5.95 Å². The topological polar surface area (TPSA) is 77.8 Å². The molecule has 0 spiro atoms. The van der Waals surface area contributed by atoms with Gasteiger partial charge in [-0.05, 0) is 6.92 Å². The molecule has 0 atom stereocenters. The van der Waals surface area contributed by atoms with Crippen molar-refractivity contribution in [3.8, 4) is 5.95 Å².